The molecule has 5 rings (SSSR count). The highest BCUT2D eigenvalue weighted by Crippen LogP contribution is 2.34. The monoisotopic (exact) mass is 413 g/mol. The minimum absolute atomic E-state index is 0.0858. The molecule has 31 heavy (non-hydrogen) atoms. The number of rotatable bonds is 5. The highest BCUT2D eigenvalue weighted by Gasteiger charge is 2.39. The summed E-state index contributed by atoms with van der Waals surface area (Å²) in [6, 6.07) is 22.0. The van der Waals surface area contributed by atoms with E-state index in [4.69, 9.17) is 0 Å². The molecule has 0 unspecified atom stereocenters. The maximum absolute atomic E-state index is 13.3. The SMILES string of the molecule is CC[C@H]1c2ccccc2C(=O)N1NC(=O)[C@@H]1CCCN1Cc1cccc2ccccc12. The van der Waals surface area contributed by atoms with E-state index in [1.807, 2.05) is 37.3 Å². The van der Waals surface area contributed by atoms with Crippen molar-refractivity contribution in [1.82, 2.24) is 15.3 Å². The second-order valence-corrected chi connectivity index (χ2v) is 8.43. The Morgan fingerprint density at radius 3 is 2.68 bits per heavy atom. The molecule has 1 fully saturated rings. The van der Waals surface area contributed by atoms with Crippen LogP contribution in [0.15, 0.2) is 66.7 Å². The molecular formula is C26H27N3O2. The molecule has 5 heteroatoms. The summed E-state index contributed by atoms with van der Waals surface area (Å²) in [5.41, 5.74) is 5.89. The van der Waals surface area contributed by atoms with Crippen molar-refractivity contribution < 1.29 is 9.59 Å². The molecule has 3 aromatic carbocycles. The summed E-state index contributed by atoms with van der Waals surface area (Å²) in [7, 11) is 0. The third kappa shape index (κ3) is 3.49. The zero-order valence-electron chi connectivity index (χ0n) is 17.8. The van der Waals surface area contributed by atoms with Crippen molar-refractivity contribution in [2.75, 3.05) is 6.54 Å². The van der Waals surface area contributed by atoms with Crippen LogP contribution in [0.2, 0.25) is 0 Å². The third-order valence-electron chi connectivity index (χ3n) is 6.62. The molecule has 0 bridgehead atoms. The van der Waals surface area contributed by atoms with Crippen LogP contribution in [-0.4, -0.2) is 34.3 Å². The Bertz CT molecular complexity index is 1140. The largest absolute Gasteiger partial charge is 0.288 e. The van der Waals surface area contributed by atoms with Crippen LogP contribution in [0.1, 0.15) is 53.7 Å². The predicted molar refractivity (Wildman–Crippen MR) is 121 cm³/mol. The number of amides is 2. The van der Waals surface area contributed by atoms with Crippen molar-refractivity contribution in [3.63, 3.8) is 0 Å². The molecule has 0 saturated carbocycles. The molecule has 0 aliphatic carbocycles. The number of nitrogens with one attached hydrogen (secondary N) is 1. The Hall–Kier alpha value is -3.18. The first-order valence-corrected chi connectivity index (χ1v) is 11.1. The minimum Gasteiger partial charge on any atom is -0.288 e. The molecule has 2 amide bonds. The lowest BCUT2D eigenvalue weighted by atomic mass is 10.0. The topological polar surface area (TPSA) is 52.7 Å². The lowest BCUT2D eigenvalue weighted by Crippen LogP contribution is -2.51. The number of likely N-dealkylation sites (tertiary alicyclic amines) is 1. The first-order valence-electron chi connectivity index (χ1n) is 11.1. The quantitative estimate of drug-likeness (QED) is 0.673. The van der Waals surface area contributed by atoms with Crippen LogP contribution in [0.5, 0.6) is 0 Å². The van der Waals surface area contributed by atoms with Crippen LogP contribution in [0.4, 0.5) is 0 Å². The molecule has 2 aliphatic heterocycles. The average molecular weight is 414 g/mol. The second kappa shape index (κ2) is 8.16. The summed E-state index contributed by atoms with van der Waals surface area (Å²) >= 11 is 0. The number of benzene rings is 3. The van der Waals surface area contributed by atoms with Crippen molar-refractivity contribution in [2.45, 2.75) is 44.8 Å². The van der Waals surface area contributed by atoms with Crippen LogP contribution >= 0.6 is 0 Å². The Labute approximate surface area is 182 Å². The van der Waals surface area contributed by atoms with Gasteiger partial charge in [0.15, 0.2) is 0 Å². The van der Waals surface area contributed by atoms with E-state index in [0.717, 1.165) is 37.9 Å². The van der Waals surface area contributed by atoms with Gasteiger partial charge in [0.2, 0.25) is 0 Å². The molecule has 2 atom stereocenters. The number of hydrazine groups is 1. The van der Waals surface area contributed by atoms with Gasteiger partial charge in [-0.1, -0.05) is 67.6 Å². The van der Waals surface area contributed by atoms with Crippen LogP contribution in [0.3, 0.4) is 0 Å². The van der Waals surface area contributed by atoms with E-state index in [2.05, 4.69) is 46.7 Å². The predicted octanol–water partition coefficient (Wildman–Crippen LogP) is 4.44. The Kier molecular flexibility index (Phi) is 5.20. The molecule has 5 nitrogen and oxygen atoms in total. The summed E-state index contributed by atoms with van der Waals surface area (Å²) in [6.07, 6.45) is 2.55. The van der Waals surface area contributed by atoms with Gasteiger partial charge < -0.3 is 0 Å². The van der Waals surface area contributed by atoms with Gasteiger partial charge in [-0.3, -0.25) is 19.9 Å². The lowest BCUT2D eigenvalue weighted by molar-refractivity contribution is -0.130. The molecule has 0 radical (unpaired) electrons. The van der Waals surface area contributed by atoms with E-state index in [-0.39, 0.29) is 23.9 Å². The lowest BCUT2D eigenvalue weighted by Gasteiger charge is -2.29. The average Bonchev–Trinajstić information content (AvgIpc) is 3.37. The van der Waals surface area contributed by atoms with Crippen LogP contribution in [-0.2, 0) is 11.3 Å². The molecular weight excluding hydrogens is 386 g/mol. The molecule has 2 aliphatic rings. The van der Waals surface area contributed by atoms with Gasteiger partial charge in [-0.05, 0) is 53.8 Å². The van der Waals surface area contributed by atoms with Gasteiger partial charge in [0, 0.05) is 12.1 Å². The number of nitrogens with zero attached hydrogens (tertiary/aromatic N) is 2. The van der Waals surface area contributed by atoms with E-state index in [1.165, 1.54) is 16.3 Å². The van der Waals surface area contributed by atoms with Gasteiger partial charge in [0.1, 0.15) is 0 Å². The highest BCUT2D eigenvalue weighted by molar-refractivity contribution is 6.00. The van der Waals surface area contributed by atoms with Crippen LogP contribution in [0.25, 0.3) is 10.8 Å². The Balaban J connectivity index is 1.34. The van der Waals surface area contributed by atoms with Gasteiger partial charge in [0.25, 0.3) is 11.8 Å². The standard InChI is InChI=1S/C26H27N3O2/c1-2-23-21-13-5-6-14-22(21)26(31)29(23)27-25(30)24-15-8-16-28(24)17-19-11-7-10-18-9-3-4-12-20(18)19/h3-7,9-14,23-24H,2,8,15-17H2,1H3,(H,27,30)/t23-,24-/m0/s1. The number of hydrogen-bond donors (Lipinski definition) is 1. The number of hydrogen-bond acceptors (Lipinski definition) is 3. The van der Waals surface area contributed by atoms with E-state index in [0.29, 0.717) is 5.56 Å². The second-order valence-electron chi connectivity index (χ2n) is 8.43. The molecule has 158 valence electrons. The van der Waals surface area contributed by atoms with Gasteiger partial charge in [0.05, 0.1) is 12.1 Å². The normalized spacial score (nSPS) is 20.9. The summed E-state index contributed by atoms with van der Waals surface area (Å²) in [5, 5.41) is 3.99. The zero-order chi connectivity index (χ0) is 21.4. The van der Waals surface area contributed by atoms with Gasteiger partial charge in [-0.15, -0.1) is 0 Å². The fourth-order valence-corrected chi connectivity index (χ4v) is 5.08. The van der Waals surface area contributed by atoms with Crippen molar-refractivity contribution in [3.8, 4) is 0 Å². The number of fused-ring (bicyclic) bond motifs is 2. The van der Waals surface area contributed by atoms with Crippen molar-refractivity contribution in [1.29, 1.82) is 0 Å². The van der Waals surface area contributed by atoms with Gasteiger partial charge in [-0.25, -0.2) is 5.01 Å². The van der Waals surface area contributed by atoms with Gasteiger partial charge in [-0.2, -0.15) is 0 Å². The number of carbonyl (C=O) groups excluding carboxylic acids is 2. The minimum atomic E-state index is -0.229. The highest BCUT2D eigenvalue weighted by atomic mass is 16.2. The van der Waals surface area contributed by atoms with Crippen molar-refractivity contribution >= 4 is 22.6 Å². The molecule has 0 aromatic heterocycles. The van der Waals surface area contributed by atoms with Crippen molar-refractivity contribution in [3.05, 3.63) is 83.4 Å². The summed E-state index contributed by atoms with van der Waals surface area (Å²) in [4.78, 5) is 28.5. The maximum Gasteiger partial charge on any atom is 0.273 e. The van der Waals surface area contributed by atoms with Crippen LogP contribution in [0, 0.1) is 0 Å². The van der Waals surface area contributed by atoms with E-state index in [9.17, 15) is 9.59 Å². The van der Waals surface area contributed by atoms with E-state index >= 15 is 0 Å². The first-order chi connectivity index (χ1) is 15.2. The summed E-state index contributed by atoms with van der Waals surface area (Å²) in [6.45, 7) is 3.65. The van der Waals surface area contributed by atoms with E-state index in [1.54, 1.807) is 5.01 Å². The van der Waals surface area contributed by atoms with Crippen molar-refractivity contribution in [2.24, 2.45) is 0 Å². The zero-order valence-corrected chi connectivity index (χ0v) is 17.8. The first kappa shape index (κ1) is 19.8. The molecule has 1 N–H and O–H groups in total. The maximum atomic E-state index is 13.3. The molecule has 0 spiro atoms. The molecule has 1 saturated heterocycles. The fourth-order valence-electron chi connectivity index (χ4n) is 5.08. The fraction of sp³-hybridized carbons (Fsp3) is 0.308. The summed E-state index contributed by atoms with van der Waals surface area (Å²) in [5.74, 6) is -0.202. The Morgan fingerprint density at radius 1 is 1.03 bits per heavy atom. The third-order valence-corrected chi connectivity index (χ3v) is 6.62. The molecule has 3 aromatic rings. The van der Waals surface area contributed by atoms with E-state index < -0.39 is 0 Å². The summed E-state index contributed by atoms with van der Waals surface area (Å²) < 4.78 is 0. The van der Waals surface area contributed by atoms with Crippen LogP contribution < -0.4 is 5.43 Å². The van der Waals surface area contributed by atoms with Gasteiger partial charge >= 0.3 is 0 Å². The Morgan fingerprint density at radius 2 is 1.81 bits per heavy atom. The number of carbonyl (C=O) groups is 2. The smallest absolute Gasteiger partial charge is 0.273 e. The molecule has 2 heterocycles.